The van der Waals surface area contributed by atoms with Crippen LogP contribution in [0.2, 0.25) is 10.0 Å². The topological polar surface area (TPSA) is 122 Å². The number of hydrogen-bond acceptors (Lipinski definition) is 7. The number of carbonyl (C=O) groups excluding carboxylic acids is 3. The van der Waals surface area contributed by atoms with Gasteiger partial charge in [-0.25, -0.2) is 19.9 Å². The summed E-state index contributed by atoms with van der Waals surface area (Å²) >= 11 is 15.9. The first-order valence-electron chi connectivity index (χ1n) is 12.9. The van der Waals surface area contributed by atoms with Gasteiger partial charge in [0.15, 0.2) is 5.82 Å². The van der Waals surface area contributed by atoms with Gasteiger partial charge in [0, 0.05) is 30.4 Å². The van der Waals surface area contributed by atoms with Crippen LogP contribution in [0.15, 0.2) is 41.1 Å². The summed E-state index contributed by atoms with van der Waals surface area (Å²) in [6.07, 6.45) is 3.54. The third-order valence-electron chi connectivity index (χ3n) is 6.02. The van der Waals surface area contributed by atoms with E-state index in [0.29, 0.717) is 28.3 Å². The largest absolute Gasteiger partial charge is 0.444 e. The molecule has 2 N–H and O–H groups in total. The molecule has 0 unspecified atom stereocenters. The first-order chi connectivity index (χ1) is 19.3. The minimum Gasteiger partial charge on any atom is -0.441 e. The fourth-order valence-corrected chi connectivity index (χ4v) is 5.09. The van der Waals surface area contributed by atoms with Crippen LogP contribution < -0.4 is 10.7 Å². The van der Waals surface area contributed by atoms with Gasteiger partial charge in [-0.15, -0.1) is 5.12 Å². The molecule has 0 saturated carbocycles. The summed E-state index contributed by atoms with van der Waals surface area (Å²) in [7, 11) is 0. The molecule has 1 aromatic carbocycles. The molecule has 3 aromatic rings. The Balaban J connectivity index is 1.66. The standard InChI is InChI=1S/C27H30BrCl2N7O4/c1-16-13-17(29)14-18(24(38)34-37(26(40)41-27(2,3)4)35-11-6-5-7-12-35)22(16)32-25(39)20-15-21(28)33-36(20)23-19(30)9-8-10-31-23/h8-10,13-15H,5-7,11-12H2,1-4H3,(H,32,39)(H,34,38). The van der Waals surface area contributed by atoms with Crippen molar-refractivity contribution in [2.45, 2.75) is 52.6 Å². The maximum atomic E-state index is 13.7. The summed E-state index contributed by atoms with van der Waals surface area (Å²) in [5, 5.41) is 10.5. The number of rotatable bonds is 5. The van der Waals surface area contributed by atoms with Crippen molar-refractivity contribution >= 4 is 62.7 Å². The van der Waals surface area contributed by atoms with E-state index in [1.54, 1.807) is 50.9 Å². The van der Waals surface area contributed by atoms with Crippen molar-refractivity contribution in [3.05, 3.63) is 68.0 Å². The average Bonchev–Trinajstić information content (AvgIpc) is 3.29. The second-order valence-electron chi connectivity index (χ2n) is 10.4. The summed E-state index contributed by atoms with van der Waals surface area (Å²) in [4.78, 5) is 44.6. The predicted molar refractivity (Wildman–Crippen MR) is 159 cm³/mol. The van der Waals surface area contributed by atoms with E-state index >= 15 is 0 Å². The molecule has 3 heterocycles. The summed E-state index contributed by atoms with van der Waals surface area (Å²) in [6, 6.07) is 7.84. The second-order valence-corrected chi connectivity index (χ2v) is 12.1. The van der Waals surface area contributed by atoms with E-state index in [2.05, 4.69) is 36.8 Å². The third kappa shape index (κ3) is 7.56. The molecule has 1 aliphatic rings. The Morgan fingerprint density at radius 2 is 1.78 bits per heavy atom. The molecule has 0 bridgehead atoms. The number of anilines is 1. The van der Waals surface area contributed by atoms with E-state index in [1.165, 1.54) is 23.0 Å². The maximum Gasteiger partial charge on any atom is 0.444 e. The van der Waals surface area contributed by atoms with Gasteiger partial charge in [0.05, 0.1) is 16.3 Å². The Morgan fingerprint density at radius 1 is 1.07 bits per heavy atom. The van der Waals surface area contributed by atoms with Gasteiger partial charge in [0.2, 0.25) is 0 Å². The number of piperidine rings is 1. The molecule has 0 atom stereocenters. The van der Waals surface area contributed by atoms with Crippen molar-refractivity contribution in [3.63, 3.8) is 0 Å². The first-order valence-corrected chi connectivity index (χ1v) is 14.5. The first kappa shape index (κ1) is 30.8. The number of halogens is 3. The van der Waals surface area contributed by atoms with Gasteiger partial charge in [-0.3, -0.25) is 9.59 Å². The van der Waals surface area contributed by atoms with E-state index in [1.807, 2.05) is 0 Å². The lowest BCUT2D eigenvalue weighted by molar-refractivity contribution is -0.0803. The van der Waals surface area contributed by atoms with Gasteiger partial charge in [-0.05, 0) is 86.3 Å². The predicted octanol–water partition coefficient (Wildman–Crippen LogP) is 6.18. The number of nitrogens with one attached hydrogen (secondary N) is 2. The zero-order valence-corrected chi connectivity index (χ0v) is 26.1. The number of hydrazine groups is 2. The highest BCUT2D eigenvalue weighted by atomic mass is 79.9. The number of carbonyl (C=O) groups is 3. The minimum absolute atomic E-state index is 0.0508. The number of aryl methyl sites for hydroxylation is 1. The van der Waals surface area contributed by atoms with Crippen molar-refractivity contribution in [3.8, 4) is 5.82 Å². The molecular formula is C27H30BrCl2N7O4. The van der Waals surface area contributed by atoms with Crippen molar-refractivity contribution in [2.24, 2.45) is 0 Å². The van der Waals surface area contributed by atoms with Crippen LogP contribution in [0.25, 0.3) is 5.82 Å². The maximum absolute atomic E-state index is 13.7. The number of nitrogens with zero attached hydrogens (tertiary/aromatic N) is 5. The Hall–Kier alpha value is -3.19. The van der Waals surface area contributed by atoms with E-state index in [4.69, 9.17) is 27.9 Å². The number of ether oxygens (including phenoxy) is 1. The van der Waals surface area contributed by atoms with Crippen LogP contribution in [0.4, 0.5) is 10.5 Å². The summed E-state index contributed by atoms with van der Waals surface area (Å²) in [5.41, 5.74) is 2.78. The molecule has 11 nitrogen and oxygen atoms in total. The normalized spacial score (nSPS) is 13.9. The van der Waals surface area contributed by atoms with Crippen LogP contribution in [0.5, 0.6) is 0 Å². The van der Waals surface area contributed by atoms with Gasteiger partial charge in [-0.1, -0.05) is 29.6 Å². The number of pyridine rings is 1. The molecule has 1 aliphatic heterocycles. The number of hydrogen-bond donors (Lipinski definition) is 2. The molecular weight excluding hydrogens is 637 g/mol. The minimum atomic E-state index is -0.782. The second kappa shape index (κ2) is 12.8. The summed E-state index contributed by atoms with van der Waals surface area (Å²) in [5.74, 6) is -0.987. The molecule has 3 amide bonds. The Labute approximate surface area is 256 Å². The molecule has 218 valence electrons. The zero-order chi connectivity index (χ0) is 29.9. The fourth-order valence-electron chi connectivity index (χ4n) is 4.24. The smallest absolute Gasteiger partial charge is 0.441 e. The van der Waals surface area contributed by atoms with Crippen molar-refractivity contribution in [1.29, 1.82) is 0 Å². The van der Waals surface area contributed by atoms with Crippen LogP contribution in [0, 0.1) is 6.92 Å². The average molecular weight is 667 g/mol. The van der Waals surface area contributed by atoms with Gasteiger partial charge in [0.1, 0.15) is 15.9 Å². The van der Waals surface area contributed by atoms with Crippen LogP contribution in [0.3, 0.4) is 0 Å². The fraction of sp³-hybridized carbons (Fsp3) is 0.370. The van der Waals surface area contributed by atoms with Crippen molar-refractivity contribution in [1.82, 2.24) is 30.3 Å². The van der Waals surface area contributed by atoms with E-state index in [9.17, 15) is 14.4 Å². The monoisotopic (exact) mass is 665 g/mol. The Morgan fingerprint density at radius 3 is 2.44 bits per heavy atom. The molecule has 1 saturated heterocycles. The van der Waals surface area contributed by atoms with Crippen LogP contribution >= 0.6 is 39.1 Å². The highest BCUT2D eigenvalue weighted by molar-refractivity contribution is 9.10. The SMILES string of the molecule is Cc1cc(Cl)cc(C(=O)NN(C(=O)OC(C)(C)C)N2CCCCC2)c1NC(=O)c1cc(Br)nn1-c1ncccc1Cl. The van der Waals surface area contributed by atoms with Gasteiger partial charge >= 0.3 is 6.09 Å². The van der Waals surface area contributed by atoms with Crippen molar-refractivity contribution < 1.29 is 19.1 Å². The third-order valence-corrected chi connectivity index (χ3v) is 6.93. The van der Waals surface area contributed by atoms with E-state index in [-0.39, 0.29) is 27.8 Å². The highest BCUT2D eigenvalue weighted by Gasteiger charge is 2.31. The molecule has 41 heavy (non-hydrogen) atoms. The summed E-state index contributed by atoms with van der Waals surface area (Å²) in [6.45, 7) is 8.07. The lowest BCUT2D eigenvalue weighted by Crippen LogP contribution is -2.58. The highest BCUT2D eigenvalue weighted by Crippen LogP contribution is 2.28. The molecule has 14 heteroatoms. The molecule has 1 fully saturated rings. The van der Waals surface area contributed by atoms with Gasteiger partial charge < -0.3 is 10.1 Å². The molecule has 0 radical (unpaired) electrons. The molecule has 2 aromatic heterocycles. The number of aromatic nitrogens is 3. The molecule has 0 aliphatic carbocycles. The van der Waals surface area contributed by atoms with Crippen LogP contribution in [-0.2, 0) is 4.74 Å². The van der Waals surface area contributed by atoms with Gasteiger partial charge in [0.25, 0.3) is 11.8 Å². The molecule has 0 spiro atoms. The quantitative estimate of drug-likeness (QED) is 0.312. The summed E-state index contributed by atoms with van der Waals surface area (Å²) < 4.78 is 7.24. The van der Waals surface area contributed by atoms with E-state index < -0.39 is 23.5 Å². The zero-order valence-electron chi connectivity index (χ0n) is 23.0. The van der Waals surface area contributed by atoms with Crippen LogP contribution in [0.1, 0.15) is 66.4 Å². The van der Waals surface area contributed by atoms with E-state index in [0.717, 1.165) is 24.4 Å². The van der Waals surface area contributed by atoms with Crippen molar-refractivity contribution in [2.75, 3.05) is 18.4 Å². The number of amides is 3. The Kier molecular flexibility index (Phi) is 9.58. The molecule has 4 rings (SSSR count). The van der Waals surface area contributed by atoms with Crippen LogP contribution in [-0.4, -0.2) is 61.5 Å². The number of benzene rings is 1. The lowest BCUT2D eigenvalue weighted by Gasteiger charge is -2.37. The Bertz CT molecular complexity index is 1470. The lowest BCUT2D eigenvalue weighted by atomic mass is 10.1. The van der Waals surface area contributed by atoms with Gasteiger partial charge in [-0.2, -0.15) is 10.1 Å².